The van der Waals surface area contributed by atoms with Crippen molar-refractivity contribution in [3.05, 3.63) is 102 Å². The SMILES string of the molecule is C=CC(=O)Nc1cccc(Nc2ncnc(N(CC)c3cccc(S(=O)(=O)c4ccc([N+](=O)[O-])cc4)c3)n2)c1. The number of benzene rings is 3. The third kappa shape index (κ3) is 6.22. The van der Waals surface area contributed by atoms with Crippen molar-refractivity contribution in [2.24, 2.45) is 0 Å². The zero-order chi connectivity index (χ0) is 28.0. The molecular weight excluding hydrogens is 522 g/mol. The Morgan fingerprint density at radius 1 is 1.03 bits per heavy atom. The topological polar surface area (TPSA) is 160 Å². The third-order valence-electron chi connectivity index (χ3n) is 5.49. The van der Waals surface area contributed by atoms with Crippen molar-refractivity contribution in [2.45, 2.75) is 16.7 Å². The molecule has 0 saturated heterocycles. The van der Waals surface area contributed by atoms with Crippen LogP contribution in [-0.4, -0.2) is 40.7 Å². The summed E-state index contributed by atoms with van der Waals surface area (Å²) >= 11 is 0. The van der Waals surface area contributed by atoms with Gasteiger partial charge in [-0.2, -0.15) is 4.98 Å². The van der Waals surface area contributed by atoms with Crippen molar-refractivity contribution < 1.29 is 18.1 Å². The minimum Gasteiger partial charge on any atom is -0.324 e. The first kappa shape index (κ1) is 26.9. The molecule has 12 nitrogen and oxygen atoms in total. The number of aromatic nitrogens is 3. The van der Waals surface area contributed by atoms with Gasteiger partial charge in [0.05, 0.1) is 14.7 Å². The summed E-state index contributed by atoms with van der Waals surface area (Å²) in [7, 11) is -3.94. The Balaban J connectivity index is 1.60. The van der Waals surface area contributed by atoms with Gasteiger partial charge in [-0.05, 0) is 61.5 Å². The Kier molecular flexibility index (Phi) is 7.91. The molecule has 0 saturated carbocycles. The predicted molar refractivity (Wildman–Crippen MR) is 146 cm³/mol. The molecule has 0 bridgehead atoms. The summed E-state index contributed by atoms with van der Waals surface area (Å²) in [6, 6.07) is 17.9. The normalized spacial score (nSPS) is 10.9. The zero-order valence-corrected chi connectivity index (χ0v) is 21.5. The van der Waals surface area contributed by atoms with Gasteiger partial charge in [0.25, 0.3) is 5.69 Å². The molecule has 2 N–H and O–H groups in total. The van der Waals surface area contributed by atoms with E-state index in [2.05, 4.69) is 32.2 Å². The summed E-state index contributed by atoms with van der Waals surface area (Å²) in [4.78, 5) is 36.5. The highest BCUT2D eigenvalue weighted by Gasteiger charge is 2.21. The number of carbonyl (C=O) groups is 1. The van der Waals surface area contributed by atoms with E-state index < -0.39 is 14.8 Å². The lowest BCUT2D eigenvalue weighted by atomic mass is 10.2. The molecule has 0 spiro atoms. The van der Waals surface area contributed by atoms with E-state index in [-0.39, 0.29) is 33.3 Å². The van der Waals surface area contributed by atoms with Crippen LogP contribution in [0.5, 0.6) is 0 Å². The number of hydrogen-bond acceptors (Lipinski definition) is 10. The van der Waals surface area contributed by atoms with Crippen molar-refractivity contribution in [2.75, 3.05) is 22.1 Å². The molecule has 4 aromatic rings. The molecule has 39 heavy (non-hydrogen) atoms. The lowest BCUT2D eigenvalue weighted by Crippen LogP contribution is -2.20. The van der Waals surface area contributed by atoms with Crippen LogP contribution in [0.15, 0.2) is 102 Å². The fraction of sp³-hybridized carbons (Fsp3) is 0.0769. The molecular formula is C26H23N7O5S. The van der Waals surface area contributed by atoms with Gasteiger partial charge >= 0.3 is 0 Å². The quantitative estimate of drug-likeness (QED) is 0.163. The van der Waals surface area contributed by atoms with E-state index in [1.807, 2.05) is 6.92 Å². The van der Waals surface area contributed by atoms with Gasteiger partial charge in [-0.15, -0.1) is 0 Å². The van der Waals surface area contributed by atoms with E-state index in [0.717, 1.165) is 12.1 Å². The van der Waals surface area contributed by atoms with Gasteiger partial charge in [-0.3, -0.25) is 14.9 Å². The van der Waals surface area contributed by atoms with Crippen LogP contribution in [0.2, 0.25) is 0 Å². The largest absolute Gasteiger partial charge is 0.324 e. The van der Waals surface area contributed by atoms with Gasteiger partial charge in [0, 0.05) is 35.7 Å². The Morgan fingerprint density at radius 3 is 2.44 bits per heavy atom. The van der Waals surface area contributed by atoms with E-state index in [9.17, 15) is 23.3 Å². The van der Waals surface area contributed by atoms with E-state index in [1.54, 1.807) is 41.3 Å². The van der Waals surface area contributed by atoms with Crippen LogP contribution in [-0.2, 0) is 14.6 Å². The molecule has 1 aromatic heterocycles. The number of non-ortho nitro benzene ring substituents is 1. The molecule has 0 radical (unpaired) electrons. The van der Waals surface area contributed by atoms with Crippen LogP contribution in [0.1, 0.15) is 6.92 Å². The fourth-order valence-corrected chi connectivity index (χ4v) is 4.92. The molecule has 0 atom stereocenters. The van der Waals surface area contributed by atoms with Crippen LogP contribution < -0.4 is 15.5 Å². The summed E-state index contributed by atoms with van der Waals surface area (Å²) < 4.78 is 26.4. The summed E-state index contributed by atoms with van der Waals surface area (Å²) in [6.45, 7) is 5.71. The fourth-order valence-electron chi connectivity index (χ4n) is 3.62. The minimum atomic E-state index is -3.94. The van der Waals surface area contributed by atoms with E-state index in [4.69, 9.17) is 0 Å². The Morgan fingerprint density at radius 2 is 1.74 bits per heavy atom. The first-order chi connectivity index (χ1) is 18.7. The lowest BCUT2D eigenvalue weighted by Gasteiger charge is -2.21. The van der Waals surface area contributed by atoms with Crippen molar-refractivity contribution in [3.8, 4) is 0 Å². The number of nitro groups is 1. The average molecular weight is 546 g/mol. The second-order valence-corrected chi connectivity index (χ2v) is 9.95. The predicted octanol–water partition coefficient (Wildman–Crippen LogP) is 4.64. The summed E-state index contributed by atoms with van der Waals surface area (Å²) in [5.41, 5.74) is 1.49. The van der Waals surface area contributed by atoms with Gasteiger partial charge in [-0.25, -0.2) is 18.4 Å². The molecule has 1 heterocycles. The van der Waals surface area contributed by atoms with Crippen molar-refractivity contribution in [1.82, 2.24) is 15.0 Å². The van der Waals surface area contributed by atoms with E-state index >= 15 is 0 Å². The van der Waals surface area contributed by atoms with Crippen LogP contribution in [0.4, 0.5) is 34.6 Å². The Labute approximate surface area is 224 Å². The van der Waals surface area contributed by atoms with Gasteiger partial charge in [0.1, 0.15) is 6.33 Å². The molecule has 1 amide bonds. The molecule has 198 valence electrons. The standard InChI is InChI=1S/C26H23N7O5S/c1-3-24(34)29-18-7-5-8-19(15-18)30-25-27-17-28-26(31-25)32(4-2)21-9-6-10-23(16-21)39(37,38)22-13-11-20(12-14-22)33(35)36/h3,5-17H,1,4H2,2H3,(H,29,34)(H,27,28,30,31). The molecule has 3 aromatic carbocycles. The molecule has 4 rings (SSSR count). The highest BCUT2D eigenvalue weighted by Crippen LogP contribution is 2.29. The summed E-state index contributed by atoms with van der Waals surface area (Å²) in [6.07, 6.45) is 2.50. The van der Waals surface area contributed by atoms with Crippen LogP contribution in [0.25, 0.3) is 0 Å². The molecule has 0 aliphatic rings. The maximum Gasteiger partial charge on any atom is 0.269 e. The lowest BCUT2D eigenvalue weighted by molar-refractivity contribution is -0.384. The molecule has 0 aliphatic carbocycles. The first-order valence-electron chi connectivity index (χ1n) is 11.6. The highest BCUT2D eigenvalue weighted by atomic mass is 32.2. The zero-order valence-electron chi connectivity index (χ0n) is 20.7. The van der Waals surface area contributed by atoms with Gasteiger partial charge in [-0.1, -0.05) is 18.7 Å². The summed E-state index contributed by atoms with van der Waals surface area (Å²) in [5, 5.41) is 16.7. The van der Waals surface area contributed by atoms with Crippen molar-refractivity contribution in [3.63, 3.8) is 0 Å². The minimum absolute atomic E-state index is 0.0121. The number of rotatable bonds is 10. The number of nitrogens with zero attached hydrogens (tertiary/aromatic N) is 5. The Hall–Kier alpha value is -5.17. The van der Waals surface area contributed by atoms with E-state index in [0.29, 0.717) is 23.6 Å². The van der Waals surface area contributed by atoms with E-state index in [1.165, 1.54) is 36.7 Å². The number of nitro benzene ring substituents is 1. The second-order valence-electron chi connectivity index (χ2n) is 8.00. The second kappa shape index (κ2) is 11.5. The number of carbonyl (C=O) groups excluding carboxylic acids is 1. The number of hydrogen-bond donors (Lipinski definition) is 2. The molecule has 0 unspecified atom stereocenters. The van der Waals surface area contributed by atoms with Gasteiger partial charge in [0.15, 0.2) is 0 Å². The number of amides is 1. The first-order valence-corrected chi connectivity index (χ1v) is 13.1. The number of sulfone groups is 1. The van der Waals surface area contributed by atoms with Crippen LogP contribution in [0.3, 0.4) is 0 Å². The molecule has 0 aliphatic heterocycles. The van der Waals surface area contributed by atoms with Crippen LogP contribution in [0, 0.1) is 10.1 Å². The number of anilines is 5. The van der Waals surface area contributed by atoms with Crippen LogP contribution >= 0.6 is 0 Å². The van der Waals surface area contributed by atoms with Gasteiger partial charge < -0.3 is 15.5 Å². The van der Waals surface area contributed by atoms with Crippen molar-refractivity contribution >= 4 is 50.4 Å². The monoisotopic (exact) mass is 545 g/mol. The average Bonchev–Trinajstić information content (AvgIpc) is 2.94. The maximum absolute atomic E-state index is 13.2. The molecule has 0 fully saturated rings. The van der Waals surface area contributed by atoms with Crippen molar-refractivity contribution in [1.29, 1.82) is 0 Å². The highest BCUT2D eigenvalue weighted by molar-refractivity contribution is 7.91. The smallest absolute Gasteiger partial charge is 0.269 e. The third-order valence-corrected chi connectivity index (χ3v) is 7.25. The Bertz CT molecular complexity index is 1640. The van der Waals surface area contributed by atoms with Gasteiger partial charge in [0.2, 0.25) is 27.6 Å². The number of nitrogens with one attached hydrogen (secondary N) is 2. The molecule has 13 heteroatoms. The summed E-state index contributed by atoms with van der Waals surface area (Å²) in [5.74, 6) is 0.169. The maximum atomic E-state index is 13.2.